The summed E-state index contributed by atoms with van der Waals surface area (Å²) in [4.78, 5) is 40.1. The molecule has 9 nitrogen and oxygen atoms in total. The van der Waals surface area contributed by atoms with E-state index in [-0.39, 0.29) is 10.3 Å². The van der Waals surface area contributed by atoms with Crippen molar-refractivity contribution in [3.63, 3.8) is 0 Å². The molecule has 2 heterocycles. The quantitative estimate of drug-likeness (QED) is 0.446. The number of nitrogens with zero attached hydrogens (tertiary/aromatic N) is 3. The lowest BCUT2D eigenvalue weighted by Crippen LogP contribution is -2.42. The van der Waals surface area contributed by atoms with Crippen molar-refractivity contribution < 1.29 is 13.2 Å². The number of aryl methyl sites for hydroxylation is 1. The number of hydrogen-bond donors (Lipinski definition) is 1. The van der Waals surface area contributed by atoms with Gasteiger partial charge in [0, 0.05) is 26.3 Å². The largest absolute Gasteiger partial charge is 0.330 e. The van der Waals surface area contributed by atoms with E-state index in [1.54, 1.807) is 35.2 Å². The zero-order valence-corrected chi connectivity index (χ0v) is 20.5. The van der Waals surface area contributed by atoms with Crippen LogP contribution in [0.5, 0.6) is 0 Å². The first kappa shape index (κ1) is 23.7. The van der Waals surface area contributed by atoms with Crippen LogP contribution in [0.3, 0.4) is 0 Å². The second kappa shape index (κ2) is 8.89. The van der Waals surface area contributed by atoms with Gasteiger partial charge >= 0.3 is 5.69 Å². The summed E-state index contributed by atoms with van der Waals surface area (Å²) >= 11 is 0. The van der Waals surface area contributed by atoms with Crippen LogP contribution < -0.4 is 20.9 Å². The van der Waals surface area contributed by atoms with Crippen LogP contribution in [-0.2, 0) is 35.3 Å². The molecule has 3 aromatic carbocycles. The number of fused-ring (bicyclic) bond motifs is 2. The molecule has 1 aliphatic heterocycles. The van der Waals surface area contributed by atoms with Gasteiger partial charge in [-0.15, -0.1) is 0 Å². The van der Waals surface area contributed by atoms with Crippen LogP contribution >= 0.6 is 0 Å². The van der Waals surface area contributed by atoms with Crippen LogP contribution in [-0.4, -0.2) is 30.0 Å². The summed E-state index contributed by atoms with van der Waals surface area (Å²) in [6.45, 7) is 0.448. The average Bonchev–Trinajstić information content (AvgIpc) is 3.33. The van der Waals surface area contributed by atoms with Crippen LogP contribution in [0.15, 0.2) is 87.3 Å². The minimum atomic E-state index is -4.24. The molecule has 4 aromatic rings. The lowest BCUT2D eigenvalue weighted by atomic mass is 10.1. The van der Waals surface area contributed by atoms with E-state index >= 15 is 0 Å². The predicted octanol–water partition coefficient (Wildman–Crippen LogP) is 1.85. The van der Waals surface area contributed by atoms with Gasteiger partial charge in [0.25, 0.3) is 5.56 Å². The van der Waals surface area contributed by atoms with Crippen molar-refractivity contribution in [3.05, 3.63) is 105 Å². The van der Waals surface area contributed by atoms with Crippen LogP contribution in [0.1, 0.15) is 17.2 Å². The topological polar surface area (TPSA) is 110 Å². The van der Waals surface area contributed by atoms with Crippen molar-refractivity contribution in [2.45, 2.75) is 17.4 Å². The summed E-state index contributed by atoms with van der Waals surface area (Å²) < 4.78 is 31.8. The summed E-state index contributed by atoms with van der Waals surface area (Å²) in [6.07, 6.45) is 0.683. The molecule has 0 spiro atoms. The number of anilines is 1. The van der Waals surface area contributed by atoms with Crippen molar-refractivity contribution in [2.75, 3.05) is 11.4 Å². The molecule has 0 fully saturated rings. The SMILES string of the molecule is Cn1c(=O)c2cc(S(=O)(=O)NC(C(=O)N3CCc4ccccc43)c3ccccc3)ccc2n(C)c1=O. The number of sulfonamides is 1. The van der Waals surface area contributed by atoms with Crippen LogP contribution in [0.25, 0.3) is 10.9 Å². The number of amides is 1. The molecule has 1 amide bonds. The maximum Gasteiger partial charge on any atom is 0.330 e. The van der Waals surface area contributed by atoms with Gasteiger partial charge in [0.1, 0.15) is 6.04 Å². The Labute approximate surface area is 207 Å². The first-order valence-electron chi connectivity index (χ1n) is 11.4. The van der Waals surface area contributed by atoms with E-state index in [0.717, 1.165) is 15.8 Å². The number of carbonyl (C=O) groups is 1. The summed E-state index contributed by atoms with van der Waals surface area (Å²) in [5, 5.41) is 0.0820. The van der Waals surface area contributed by atoms with Gasteiger partial charge in [-0.1, -0.05) is 48.5 Å². The van der Waals surface area contributed by atoms with Crippen LogP contribution in [0.2, 0.25) is 0 Å². The van der Waals surface area contributed by atoms with Crippen LogP contribution in [0, 0.1) is 0 Å². The van der Waals surface area contributed by atoms with E-state index in [1.165, 1.54) is 36.9 Å². The number of benzene rings is 3. The van der Waals surface area contributed by atoms with Crippen molar-refractivity contribution in [1.29, 1.82) is 0 Å². The Hall–Kier alpha value is -4.02. The lowest BCUT2D eigenvalue weighted by Gasteiger charge is -2.25. The highest BCUT2D eigenvalue weighted by molar-refractivity contribution is 7.89. The third-order valence-corrected chi connectivity index (χ3v) is 7.98. The maximum absolute atomic E-state index is 13.7. The molecule has 0 saturated carbocycles. The predicted molar refractivity (Wildman–Crippen MR) is 136 cm³/mol. The summed E-state index contributed by atoms with van der Waals surface area (Å²) in [5.41, 5.74) is 1.48. The number of carbonyl (C=O) groups excluding carboxylic acids is 1. The number of aromatic nitrogens is 2. The molecule has 1 N–H and O–H groups in total. The Morgan fingerprint density at radius 3 is 2.36 bits per heavy atom. The summed E-state index contributed by atoms with van der Waals surface area (Å²) in [6, 6.07) is 19.0. The Morgan fingerprint density at radius 1 is 0.917 bits per heavy atom. The van der Waals surface area contributed by atoms with Crippen molar-refractivity contribution in [3.8, 4) is 0 Å². The first-order valence-corrected chi connectivity index (χ1v) is 12.8. The van der Waals surface area contributed by atoms with E-state index < -0.39 is 33.2 Å². The zero-order chi connectivity index (χ0) is 25.6. The van der Waals surface area contributed by atoms with Crippen molar-refractivity contribution in [2.24, 2.45) is 14.1 Å². The van der Waals surface area contributed by atoms with Gasteiger partial charge in [0.2, 0.25) is 15.9 Å². The highest BCUT2D eigenvalue weighted by Crippen LogP contribution is 2.31. The van der Waals surface area contributed by atoms with E-state index in [4.69, 9.17) is 0 Å². The molecule has 0 radical (unpaired) electrons. The Morgan fingerprint density at radius 2 is 1.61 bits per heavy atom. The Kier molecular flexibility index (Phi) is 5.85. The normalized spacial score (nSPS) is 14.1. The molecule has 5 rings (SSSR count). The number of para-hydroxylation sites is 1. The monoisotopic (exact) mass is 504 g/mol. The van der Waals surface area contributed by atoms with Gasteiger partial charge in [-0.3, -0.25) is 18.7 Å². The first-order chi connectivity index (χ1) is 17.2. The number of nitrogens with one attached hydrogen (secondary N) is 1. The lowest BCUT2D eigenvalue weighted by molar-refractivity contribution is -0.120. The summed E-state index contributed by atoms with van der Waals surface area (Å²) in [5.74, 6) is -0.395. The molecule has 1 aromatic heterocycles. The second-order valence-electron chi connectivity index (χ2n) is 8.72. The number of hydrogen-bond acceptors (Lipinski definition) is 5. The Balaban J connectivity index is 1.57. The van der Waals surface area contributed by atoms with E-state index in [2.05, 4.69) is 4.72 Å². The molecular formula is C26H24N4O5S. The fraction of sp³-hybridized carbons (Fsp3) is 0.192. The molecule has 10 heteroatoms. The molecule has 36 heavy (non-hydrogen) atoms. The molecular weight excluding hydrogens is 480 g/mol. The molecule has 0 bridgehead atoms. The fourth-order valence-electron chi connectivity index (χ4n) is 4.59. The maximum atomic E-state index is 13.7. The van der Waals surface area contributed by atoms with Gasteiger partial charge in [0.15, 0.2) is 0 Å². The van der Waals surface area contributed by atoms with Gasteiger partial charge in [-0.05, 0) is 41.8 Å². The Bertz CT molecular complexity index is 1730. The van der Waals surface area contributed by atoms with E-state index in [1.807, 2.05) is 24.3 Å². The third-order valence-electron chi connectivity index (χ3n) is 6.55. The zero-order valence-electron chi connectivity index (χ0n) is 19.7. The molecule has 0 saturated heterocycles. The standard InChI is InChI=1S/C26H24N4O5S/c1-28-22-13-12-19(16-20(22)24(31)29(2)26(28)33)36(34,35)27-23(18-9-4-3-5-10-18)25(32)30-15-14-17-8-6-7-11-21(17)30/h3-13,16,23,27H,14-15H2,1-2H3. The molecule has 1 atom stereocenters. The second-order valence-corrected chi connectivity index (χ2v) is 10.4. The van der Waals surface area contributed by atoms with Gasteiger partial charge in [-0.25, -0.2) is 13.2 Å². The minimum Gasteiger partial charge on any atom is -0.310 e. The molecule has 184 valence electrons. The number of rotatable bonds is 5. The van der Waals surface area contributed by atoms with E-state index in [0.29, 0.717) is 24.0 Å². The minimum absolute atomic E-state index is 0.0820. The molecule has 1 aliphatic rings. The molecule has 1 unspecified atom stereocenters. The van der Waals surface area contributed by atoms with E-state index in [9.17, 15) is 22.8 Å². The fourth-order valence-corrected chi connectivity index (χ4v) is 5.80. The van der Waals surface area contributed by atoms with Gasteiger partial charge in [-0.2, -0.15) is 4.72 Å². The van der Waals surface area contributed by atoms with Crippen LogP contribution in [0.4, 0.5) is 5.69 Å². The smallest absolute Gasteiger partial charge is 0.310 e. The van der Waals surface area contributed by atoms with Gasteiger partial charge in [0.05, 0.1) is 15.8 Å². The summed E-state index contributed by atoms with van der Waals surface area (Å²) in [7, 11) is -1.39. The highest BCUT2D eigenvalue weighted by Gasteiger charge is 2.34. The third kappa shape index (κ3) is 3.94. The molecule has 0 aliphatic carbocycles. The van der Waals surface area contributed by atoms with Crippen molar-refractivity contribution in [1.82, 2.24) is 13.9 Å². The van der Waals surface area contributed by atoms with Crippen molar-refractivity contribution >= 4 is 32.5 Å². The van der Waals surface area contributed by atoms with Gasteiger partial charge < -0.3 is 4.90 Å². The average molecular weight is 505 g/mol. The highest BCUT2D eigenvalue weighted by atomic mass is 32.2.